The van der Waals surface area contributed by atoms with E-state index in [1.807, 2.05) is 11.8 Å². The zero-order valence-corrected chi connectivity index (χ0v) is 13.6. The summed E-state index contributed by atoms with van der Waals surface area (Å²) in [5.74, 6) is 0. The number of rotatable bonds is 7. The molecule has 1 aliphatic heterocycles. The van der Waals surface area contributed by atoms with Gasteiger partial charge < -0.3 is 20.4 Å². The minimum Gasteiger partial charge on any atom is -0.338 e. The summed E-state index contributed by atoms with van der Waals surface area (Å²) >= 11 is 0. The number of piperidine rings is 1. The molecular weight excluding hydrogens is 252 g/mol. The highest BCUT2D eigenvalue weighted by molar-refractivity contribution is 5.74. The second kappa shape index (κ2) is 9.19. The molecule has 0 saturated carbocycles. The summed E-state index contributed by atoms with van der Waals surface area (Å²) in [4.78, 5) is 16.1. The molecule has 0 aromatic rings. The molecule has 0 unspecified atom stereocenters. The number of hydrogen-bond donors (Lipinski definition) is 2. The summed E-state index contributed by atoms with van der Waals surface area (Å²) < 4.78 is 0. The Bertz CT molecular complexity index is 273. The molecule has 5 heteroatoms. The second-order valence-corrected chi connectivity index (χ2v) is 5.65. The fraction of sp³-hybridized carbons (Fsp3) is 0.933. The number of hydrogen-bond acceptors (Lipinski definition) is 3. The van der Waals surface area contributed by atoms with E-state index < -0.39 is 0 Å². The van der Waals surface area contributed by atoms with Gasteiger partial charge in [-0.05, 0) is 39.8 Å². The van der Waals surface area contributed by atoms with Gasteiger partial charge in [-0.1, -0.05) is 13.8 Å². The Labute approximate surface area is 124 Å². The van der Waals surface area contributed by atoms with Crippen molar-refractivity contribution in [1.82, 2.24) is 20.4 Å². The largest absolute Gasteiger partial charge is 0.338 e. The zero-order valence-electron chi connectivity index (χ0n) is 13.6. The lowest BCUT2D eigenvalue weighted by Gasteiger charge is -2.34. The summed E-state index contributed by atoms with van der Waals surface area (Å²) in [5.41, 5.74) is 0. The quantitative estimate of drug-likeness (QED) is 0.745. The van der Waals surface area contributed by atoms with Crippen molar-refractivity contribution < 1.29 is 4.79 Å². The van der Waals surface area contributed by atoms with Crippen LogP contribution < -0.4 is 10.6 Å². The summed E-state index contributed by atoms with van der Waals surface area (Å²) in [6, 6.07) is 1.14. The van der Waals surface area contributed by atoms with E-state index in [9.17, 15) is 4.79 Å². The highest BCUT2D eigenvalue weighted by atomic mass is 16.2. The lowest BCUT2D eigenvalue weighted by atomic mass is 10.0. The summed E-state index contributed by atoms with van der Waals surface area (Å²) in [7, 11) is 0. The molecule has 0 aliphatic carbocycles. The van der Waals surface area contributed by atoms with Gasteiger partial charge >= 0.3 is 6.03 Å². The number of nitrogens with zero attached hydrogens (tertiary/aromatic N) is 2. The monoisotopic (exact) mass is 284 g/mol. The highest BCUT2D eigenvalue weighted by Crippen LogP contribution is 2.11. The van der Waals surface area contributed by atoms with Gasteiger partial charge in [0.2, 0.25) is 0 Å². The molecule has 0 aromatic carbocycles. The summed E-state index contributed by atoms with van der Waals surface area (Å²) in [6.45, 7) is 14.4. The number of likely N-dealkylation sites (N-methyl/N-ethyl adjacent to an activating group) is 1. The molecular formula is C15H32N4O. The van der Waals surface area contributed by atoms with Crippen LogP contribution in [0.5, 0.6) is 0 Å². The first-order valence-electron chi connectivity index (χ1n) is 8.11. The second-order valence-electron chi connectivity index (χ2n) is 5.65. The Morgan fingerprint density at radius 3 is 2.35 bits per heavy atom. The zero-order chi connectivity index (χ0) is 15.0. The molecule has 5 nitrogen and oxygen atoms in total. The molecule has 1 heterocycles. The Kier molecular flexibility index (Phi) is 7.92. The molecule has 2 amide bonds. The number of amides is 2. The Morgan fingerprint density at radius 1 is 1.25 bits per heavy atom. The number of urea groups is 1. The van der Waals surface area contributed by atoms with E-state index in [4.69, 9.17) is 0 Å². The minimum absolute atomic E-state index is 0.0853. The molecule has 0 aromatic heterocycles. The van der Waals surface area contributed by atoms with Crippen LogP contribution in [0.15, 0.2) is 0 Å². The van der Waals surface area contributed by atoms with Gasteiger partial charge in [0.05, 0.1) is 0 Å². The van der Waals surface area contributed by atoms with E-state index in [1.165, 1.54) is 0 Å². The summed E-state index contributed by atoms with van der Waals surface area (Å²) in [6.07, 6.45) is 2.11. The lowest BCUT2D eigenvalue weighted by Crippen LogP contribution is -2.51. The van der Waals surface area contributed by atoms with Crippen LogP contribution >= 0.6 is 0 Å². The van der Waals surface area contributed by atoms with Crippen molar-refractivity contribution in [3.63, 3.8) is 0 Å². The molecule has 1 rings (SSSR count). The van der Waals surface area contributed by atoms with Crippen LogP contribution in [0.2, 0.25) is 0 Å². The van der Waals surface area contributed by atoms with E-state index >= 15 is 0 Å². The van der Waals surface area contributed by atoms with Crippen molar-refractivity contribution in [1.29, 1.82) is 0 Å². The topological polar surface area (TPSA) is 47.6 Å². The van der Waals surface area contributed by atoms with Crippen molar-refractivity contribution >= 4 is 6.03 Å². The SMILES string of the molecule is CCNC(=O)N1CCC(N[C@H](C)CN(CC)CC)CC1. The minimum atomic E-state index is 0.0853. The maximum absolute atomic E-state index is 11.7. The van der Waals surface area contributed by atoms with Crippen LogP contribution in [0, 0.1) is 0 Å². The van der Waals surface area contributed by atoms with Gasteiger partial charge in [0.15, 0.2) is 0 Å². The highest BCUT2D eigenvalue weighted by Gasteiger charge is 2.23. The molecule has 1 aliphatic rings. The Hall–Kier alpha value is -0.810. The average molecular weight is 284 g/mol. The molecule has 0 spiro atoms. The average Bonchev–Trinajstić information content (AvgIpc) is 2.45. The van der Waals surface area contributed by atoms with Gasteiger partial charge in [-0.3, -0.25) is 0 Å². The fourth-order valence-corrected chi connectivity index (χ4v) is 2.84. The predicted molar refractivity (Wildman–Crippen MR) is 84.1 cm³/mol. The van der Waals surface area contributed by atoms with Crippen LogP contribution in [0.1, 0.15) is 40.5 Å². The van der Waals surface area contributed by atoms with Crippen molar-refractivity contribution in [3.05, 3.63) is 0 Å². The predicted octanol–water partition coefficient (Wildman–Crippen LogP) is 1.50. The molecule has 20 heavy (non-hydrogen) atoms. The molecule has 0 radical (unpaired) electrons. The standard InChI is InChI=1S/C15H32N4O/c1-5-16-15(20)19-10-8-14(9-11-19)17-13(4)12-18(6-2)7-3/h13-14,17H,5-12H2,1-4H3,(H,16,20)/t13-/m1/s1. The van der Waals surface area contributed by atoms with E-state index in [1.54, 1.807) is 0 Å². The lowest BCUT2D eigenvalue weighted by molar-refractivity contribution is 0.171. The first kappa shape index (κ1) is 17.2. The third-order valence-electron chi connectivity index (χ3n) is 4.06. The van der Waals surface area contributed by atoms with Crippen molar-refractivity contribution in [2.45, 2.75) is 52.6 Å². The van der Waals surface area contributed by atoms with E-state index in [-0.39, 0.29) is 6.03 Å². The van der Waals surface area contributed by atoms with Crippen molar-refractivity contribution in [2.24, 2.45) is 0 Å². The van der Waals surface area contributed by atoms with Crippen LogP contribution in [0.4, 0.5) is 4.79 Å². The normalized spacial score (nSPS) is 18.4. The van der Waals surface area contributed by atoms with Crippen LogP contribution in [0.3, 0.4) is 0 Å². The number of nitrogens with one attached hydrogen (secondary N) is 2. The molecule has 1 saturated heterocycles. The van der Waals surface area contributed by atoms with Crippen LogP contribution in [-0.4, -0.2) is 67.2 Å². The molecule has 1 fully saturated rings. The number of carbonyl (C=O) groups excluding carboxylic acids is 1. The van der Waals surface area contributed by atoms with Gasteiger partial charge in [-0.15, -0.1) is 0 Å². The third kappa shape index (κ3) is 5.67. The van der Waals surface area contributed by atoms with Gasteiger partial charge in [0.1, 0.15) is 0 Å². The van der Waals surface area contributed by atoms with E-state index in [0.717, 1.165) is 45.6 Å². The van der Waals surface area contributed by atoms with Gasteiger partial charge in [0.25, 0.3) is 0 Å². The first-order valence-corrected chi connectivity index (χ1v) is 8.11. The number of likely N-dealkylation sites (tertiary alicyclic amines) is 1. The molecule has 2 N–H and O–H groups in total. The summed E-state index contributed by atoms with van der Waals surface area (Å²) in [5, 5.41) is 6.58. The van der Waals surface area contributed by atoms with E-state index in [2.05, 4.69) is 36.3 Å². The van der Waals surface area contributed by atoms with Gasteiger partial charge in [-0.25, -0.2) is 4.79 Å². The van der Waals surface area contributed by atoms with E-state index in [0.29, 0.717) is 18.6 Å². The van der Waals surface area contributed by atoms with Crippen molar-refractivity contribution in [2.75, 3.05) is 39.3 Å². The Morgan fingerprint density at radius 2 is 1.85 bits per heavy atom. The number of carbonyl (C=O) groups is 1. The maximum atomic E-state index is 11.7. The molecule has 1 atom stereocenters. The first-order chi connectivity index (χ1) is 9.60. The fourth-order valence-electron chi connectivity index (χ4n) is 2.84. The molecule has 118 valence electrons. The third-order valence-corrected chi connectivity index (χ3v) is 4.06. The Balaban J connectivity index is 2.26. The maximum Gasteiger partial charge on any atom is 0.317 e. The smallest absolute Gasteiger partial charge is 0.317 e. The van der Waals surface area contributed by atoms with Crippen molar-refractivity contribution in [3.8, 4) is 0 Å². The van der Waals surface area contributed by atoms with Crippen LogP contribution in [-0.2, 0) is 0 Å². The molecule has 0 bridgehead atoms. The van der Waals surface area contributed by atoms with Gasteiger partial charge in [0, 0.05) is 38.3 Å². The van der Waals surface area contributed by atoms with Gasteiger partial charge in [-0.2, -0.15) is 0 Å². The van der Waals surface area contributed by atoms with Crippen LogP contribution in [0.25, 0.3) is 0 Å².